The number of methoxy groups -OCH3 is 1. The smallest absolute Gasteiger partial charge is 0.127 e. The number of benzene rings is 1. The molecule has 0 atom stereocenters. The molecule has 1 heterocycles. The lowest BCUT2D eigenvalue weighted by atomic mass is 10.1. The van der Waals surface area contributed by atoms with Crippen molar-refractivity contribution < 1.29 is 4.74 Å². The lowest BCUT2D eigenvalue weighted by Crippen LogP contribution is -2.06. The summed E-state index contributed by atoms with van der Waals surface area (Å²) < 4.78 is 5.24. The molecule has 2 aromatic rings. The first kappa shape index (κ1) is 15.2. The number of ether oxygens (including phenoxy) is 1. The minimum atomic E-state index is 0.879. The Morgan fingerprint density at radius 2 is 2.00 bits per heavy atom. The summed E-state index contributed by atoms with van der Waals surface area (Å²) in [6, 6.07) is 12.2. The topological polar surface area (TPSA) is 46.2 Å². The summed E-state index contributed by atoms with van der Waals surface area (Å²) in [7, 11) is 1.69. The fourth-order valence-corrected chi connectivity index (χ4v) is 2.07. The molecule has 0 amide bonds. The summed E-state index contributed by atoms with van der Waals surface area (Å²) in [6.07, 6.45) is 3.87. The van der Waals surface area contributed by atoms with Crippen molar-refractivity contribution in [3.05, 3.63) is 48.2 Å². The van der Waals surface area contributed by atoms with Crippen LogP contribution >= 0.6 is 0 Å². The molecular weight excluding hydrogens is 262 g/mol. The van der Waals surface area contributed by atoms with Gasteiger partial charge in [0.15, 0.2) is 0 Å². The zero-order valence-electron chi connectivity index (χ0n) is 12.7. The van der Waals surface area contributed by atoms with Crippen LogP contribution in [-0.4, -0.2) is 25.2 Å². The Hall–Kier alpha value is -2.23. The SMILES string of the molecule is CCCNc1cc(NCCc2cccc(OC)c2)ccn1. The molecule has 112 valence electrons. The Morgan fingerprint density at radius 1 is 1.10 bits per heavy atom. The van der Waals surface area contributed by atoms with Gasteiger partial charge in [-0.05, 0) is 36.6 Å². The fraction of sp³-hybridized carbons (Fsp3) is 0.353. The van der Waals surface area contributed by atoms with Crippen molar-refractivity contribution in [2.45, 2.75) is 19.8 Å². The summed E-state index contributed by atoms with van der Waals surface area (Å²) in [4.78, 5) is 4.30. The van der Waals surface area contributed by atoms with Crippen molar-refractivity contribution in [3.8, 4) is 5.75 Å². The van der Waals surface area contributed by atoms with E-state index in [9.17, 15) is 0 Å². The molecule has 4 heteroatoms. The summed E-state index contributed by atoms with van der Waals surface area (Å²) in [6.45, 7) is 3.97. The number of anilines is 2. The molecule has 0 spiro atoms. The third kappa shape index (κ3) is 4.99. The number of pyridine rings is 1. The third-order valence-corrected chi connectivity index (χ3v) is 3.19. The Balaban J connectivity index is 1.85. The molecule has 0 unspecified atom stereocenters. The zero-order valence-corrected chi connectivity index (χ0v) is 12.7. The highest BCUT2D eigenvalue weighted by molar-refractivity contribution is 5.51. The highest BCUT2D eigenvalue weighted by Crippen LogP contribution is 2.14. The van der Waals surface area contributed by atoms with Crippen LogP contribution in [0.5, 0.6) is 5.75 Å². The Bertz CT molecular complexity index is 557. The minimum absolute atomic E-state index is 0.879. The number of nitrogens with one attached hydrogen (secondary N) is 2. The van der Waals surface area contributed by atoms with Crippen molar-refractivity contribution in [2.24, 2.45) is 0 Å². The number of aromatic nitrogens is 1. The molecule has 0 saturated carbocycles. The lowest BCUT2D eigenvalue weighted by molar-refractivity contribution is 0.414. The van der Waals surface area contributed by atoms with Gasteiger partial charge in [-0.1, -0.05) is 19.1 Å². The molecule has 0 saturated heterocycles. The van der Waals surface area contributed by atoms with Gasteiger partial charge in [-0.25, -0.2) is 4.98 Å². The van der Waals surface area contributed by atoms with Crippen LogP contribution in [0.15, 0.2) is 42.6 Å². The Labute approximate surface area is 126 Å². The standard InChI is InChI=1S/C17H23N3O/c1-3-9-19-17-13-15(8-11-20-17)18-10-7-14-5-4-6-16(12-14)21-2/h4-6,8,11-13H,3,7,9-10H2,1-2H3,(H2,18,19,20). The van der Waals surface area contributed by atoms with Crippen molar-refractivity contribution in [1.29, 1.82) is 0 Å². The molecule has 0 aliphatic heterocycles. The minimum Gasteiger partial charge on any atom is -0.497 e. The number of hydrogen-bond donors (Lipinski definition) is 2. The Kier molecular flexibility index (Phi) is 5.88. The molecule has 2 N–H and O–H groups in total. The van der Waals surface area contributed by atoms with Crippen LogP contribution in [0.1, 0.15) is 18.9 Å². The van der Waals surface area contributed by atoms with Gasteiger partial charge >= 0.3 is 0 Å². The fourth-order valence-electron chi connectivity index (χ4n) is 2.07. The van der Waals surface area contributed by atoms with Crippen LogP contribution in [-0.2, 0) is 6.42 Å². The second-order valence-electron chi connectivity index (χ2n) is 4.88. The Morgan fingerprint density at radius 3 is 2.81 bits per heavy atom. The average molecular weight is 285 g/mol. The van der Waals surface area contributed by atoms with E-state index >= 15 is 0 Å². The predicted molar refractivity (Wildman–Crippen MR) is 88.2 cm³/mol. The predicted octanol–water partition coefficient (Wildman–Crippen LogP) is 3.57. The summed E-state index contributed by atoms with van der Waals surface area (Å²) in [5.41, 5.74) is 2.35. The molecule has 0 fully saturated rings. The van der Waals surface area contributed by atoms with Gasteiger partial charge in [0.05, 0.1) is 7.11 Å². The van der Waals surface area contributed by atoms with E-state index in [2.05, 4.69) is 34.7 Å². The van der Waals surface area contributed by atoms with Gasteiger partial charge in [-0.3, -0.25) is 0 Å². The maximum atomic E-state index is 5.24. The van der Waals surface area contributed by atoms with E-state index in [-0.39, 0.29) is 0 Å². The van der Waals surface area contributed by atoms with Crippen molar-refractivity contribution in [2.75, 3.05) is 30.8 Å². The average Bonchev–Trinajstić information content (AvgIpc) is 2.53. The lowest BCUT2D eigenvalue weighted by Gasteiger charge is -2.09. The van der Waals surface area contributed by atoms with Crippen LogP contribution in [0, 0.1) is 0 Å². The van der Waals surface area contributed by atoms with E-state index in [0.29, 0.717) is 0 Å². The zero-order chi connectivity index (χ0) is 14.9. The first-order valence-corrected chi connectivity index (χ1v) is 7.38. The number of nitrogens with zero attached hydrogens (tertiary/aromatic N) is 1. The van der Waals surface area contributed by atoms with Crippen LogP contribution in [0.25, 0.3) is 0 Å². The van der Waals surface area contributed by atoms with Gasteiger partial charge in [0.25, 0.3) is 0 Å². The van der Waals surface area contributed by atoms with E-state index in [0.717, 1.165) is 43.2 Å². The van der Waals surface area contributed by atoms with Crippen LogP contribution in [0.4, 0.5) is 11.5 Å². The van der Waals surface area contributed by atoms with Crippen molar-refractivity contribution in [3.63, 3.8) is 0 Å². The van der Waals surface area contributed by atoms with Crippen LogP contribution in [0.3, 0.4) is 0 Å². The first-order chi connectivity index (χ1) is 10.3. The van der Waals surface area contributed by atoms with Gasteiger partial charge in [0, 0.05) is 31.0 Å². The van der Waals surface area contributed by atoms with E-state index in [1.807, 2.05) is 30.5 Å². The number of hydrogen-bond acceptors (Lipinski definition) is 4. The summed E-state index contributed by atoms with van der Waals surface area (Å²) >= 11 is 0. The molecule has 0 aliphatic carbocycles. The van der Waals surface area contributed by atoms with E-state index < -0.39 is 0 Å². The molecule has 0 radical (unpaired) electrons. The van der Waals surface area contributed by atoms with Gasteiger partial charge < -0.3 is 15.4 Å². The van der Waals surface area contributed by atoms with E-state index in [1.165, 1.54) is 5.56 Å². The second-order valence-corrected chi connectivity index (χ2v) is 4.88. The molecule has 0 bridgehead atoms. The van der Waals surface area contributed by atoms with Gasteiger partial charge in [0.2, 0.25) is 0 Å². The molecule has 2 rings (SSSR count). The molecule has 21 heavy (non-hydrogen) atoms. The first-order valence-electron chi connectivity index (χ1n) is 7.38. The largest absolute Gasteiger partial charge is 0.497 e. The maximum Gasteiger partial charge on any atom is 0.127 e. The second kappa shape index (κ2) is 8.15. The monoisotopic (exact) mass is 285 g/mol. The maximum absolute atomic E-state index is 5.24. The van der Waals surface area contributed by atoms with Crippen molar-refractivity contribution in [1.82, 2.24) is 4.98 Å². The van der Waals surface area contributed by atoms with Gasteiger partial charge in [0.1, 0.15) is 11.6 Å². The normalized spacial score (nSPS) is 10.2. The van der Waals surface area contributed by atoms with Crippen LogP contribution in [0.2, 0.25) is 0 Å². The molecule has 0 aliphatic rings. The number of rotatable bonds is 8. The molecular formula is C17H23N3O. The summed E-state index contributed by atoms with van der Waals surface area (Å²) in [5, 5.41) is 6.72. The molecule has 4 nitrogen and oxygen atoms in total. The quantitative estimate of drug-likeness (QED) is 0.778. The van der Waals surface area contributed by atoms with E-state index in [1.54, 1.807) is 7.11 Å². The molecule has 1 aromatic heterocycles. The van der Waals surface area contributed by atoms with Gasteiger partial charge in [-0.2, -0.15) is 0 Å². The molecule has 1 aromatic carbocycles. The van der Waals surface area contributed by atoms with Gasteiger partial charge in [-0.15, -0.1) is 0 Å². The van der Waals surface area contributed by atoms with Crippen LogP contribution < -0.4 is 15.4 Å². The van der Waals surface area contributed by atoms with E-state index in [4.69, 9.17) is 4.74 Å². The van der Waals surface area contributed by atoms with Crippen molar-refractivity contribution >= 4 is 11.5 Å². The highest BCUT2D eigenvalue weighted by Gasteiger charge is 1.98. The third-order valence-electron chi connectivity index (χ3n) is 3.19. The summed E-state index contributed by atoms with van der Waals surface area (Å²) in [5.74, 6) is 1.82. The highest BCUT2D eigenvalue weighted by atomic mass is 16.5.